The molecule has 204 valence electrons. The third-order valence-corrected chi connectivity index (χ3v) is 5.85. The normalized spacial score (nSPS) is 10.4. The van der Waals surface area contributed by atoms with E-state index in [1.807, 2.05) is 6.07 Å². The predicted octanol–water partition coefficient (Wildman–Crippen LogP) is 4.91. The summed E-state index contributed by atoms with van der Waals surface area (Å²) in [6.45, 7) is 1.13. The number of nitrogens with zero attached hydrogens (tertiary/aromatic N) is 4. The number of aromatic nitrogens is 3. The molecule has 0 aliphatic rings. The van der Waals surface area contributed by atoms with Crippen LogP contribution in [-0.2, 0) is 17.9 Å². The average Bonchev–Trinajstić information content (AvgIpc) is 2.94. The molecule has 2 heterocycles. The van der Waals surface area contributed by atoms with Gasteiger partial charge in [-0.1, -0.05) is 35.7 Å². The largest absolute Gasteiger partial charge is 0.487 e. The summed E-state index contributed by atoms with van der Waals surface area (Å²) in [5.41, 5.74) is 8.50. The van der Waals surface area contributed by atoms with Gasteiger partial charge in [-0.05, 0) is 53.9 Å². The van der Waals surface area contributed by atoms with Crippen LogP contribution < -0.4 is 15.8 Å². The van der Waals surface area contributed by atoms with E-state index < -0.39 is 6.03 Å². The van der Waals surface area contributed by atoms with Crippen molar-refractivity contribution in [1.29, 1.82) is 0 Å². The molecule has 0 bridgehead atoms. The number of urea groups is 1. The molecule has 0 spiro atoms. The van der Waals surface area contributed by atoms with E-state index in [4.69, 9.17) is 26.8 Å². The summed E-state index contributed by atoms with van der Waals surface area (Å²) < 4.78 is 24.2. The number of halogens is 2. The fraction of sp³-hybridized carbons (Fsp3) is 0.172. The number of benzene rings is 2. The van der Waals surface area contributed by atoms with Crippen molar-refractivity contribution in [3.8, 4) is 17.6 Å². The molecule has 9 nitrogen and oxygen atoms in total. The second-order valence-electron chi connectivity index (χ2n) is 8.49. The van der Waals surface area contributed by atoms with E-state index in [1.54, 1.807) is 55.8 Å². The number of anilines is 2. The Morgan fingerprint density at radius 2 is 2.00 bits per heavy atom. The van der Waals surface area contributed by atoms with Crippen molar-refractivity contribution >= 4 is 29.1 Å². The lowest BCUT2D eigenvalue weighted by molar-refractivity contribution is 0.150. The first-order valence-electron chi connectivity index (χ1n) is 12.2. The van der Waals surface area contributed by atoms with Crippen molar-refractivity contribution in [2.75, 3.05) is 25.6 Å². The Bertz CT molecular complexity index is 1540. The van der Waals surface area contributed by atoms with Crippen molar-refractivity contribution in [2.45, 2.75) is 13.2 Å². The van der Waals surface area contributed by atoms with Crippen LogP contribution in [0.4, 0.5) is 20.7 Å². The highest BCUT2D eigenvalue weighted by Crippen LogP contribution is 2.30. The maximum Gasteiger partial charge on any atom is 0.315 e. The second-order valence-corrected chi connectivity index (χ2v) is 8.90. The molecule has 0 radical (unpaired) electrons. The number of rotatable bonds is 10. The Kier molecular flexibility index (Phi) is 9.83. The molecule has 0 saturated carbocycles. The first-order chi connectivity index (χ1) is 19.4. The minimum atomic E-state index is -0.557. The predicted molar refractivity (Wildman–Crippen MR) is 150 cm³/mol. The lowest BCUT2D eigenvalue weighted by Crippen LogP contribution is -2.37. The van der Waals surface area contributed by atoms with Gasteiger partial charge in [0.25, 0.3) is 0 Å². The van der Waals surface area contributed by atoms with Crippen LogP contribution in [0.25, 0.3) is 0 Å². The Morgan fingerprint density at radius 3 is 2.77 bits per heavy atom. The fourth-order valence-electron chi connectivity index (χ4n) is 3.57. The summed E-state index contributed by atoms with van der Waals surface area (Å²) in [6, 6.07) is 16.2. The topological polar surface area (TPSA) is 115 Å². The van der Waals surface area contributed by atoms with E-state index in [9.17, 15) is 9.18 Å². The number of hydrogen-bond acceptors (Lipinski definition) is 7. The zero-order valence-electron chi connectivity index (χ0n) is 21.6. The number of amides is 2. The van der Waals surface area contributed by atoms with Crippen molar-refractivity contribution in [3.63, 3.8) is 0 Å². The highest BCUT2D eigenvalue weighted by Gasteiger charge is 2.11. The number of pyridine rings is 1. The molecule has 4 aromatic rings. The van der Waals surface area contributed by atoms with E-state index in [0.717, 1.165) is 0 Å². The molecule has 0 fully saturated rings. The van der Waals surface area contributed by atoms with E-state index >= 15 is 0 Å². The van der Waals surface area contributed by atoms with Crippen LogP contribution in [0.5, 0.6) is 5.75 Å². The van der Waals surface area contributed by atoms with Crippen LogP contribution in [0.2, 0.25) is 5.02 Å². The molecule has 0 unspecified atom stereocenters. The molecule has 0 saturated heterocycles. The van der Waals surface area contributed by atoms with Gasteiger partial charge in [0, 0.05) is 25.5 Å². The Morgan fingerprint density at radius 1 is 1.15 bits per heavy atom. The van der Waals surface area contributed by atoms with E-state index in [2.05, 4.69) is 32.1 Å². The fourth-order valence-corrected chi connectivity index (χ4v) is 3.81. The molecule has 2 amide bonds. The van der Waals surface area contributed by atoms with Crippen molar-refractivity contribution in [2.24, 2.45) is 5.73 Å². The van der Waals surface area contributed by atoms with Gasteiger partial charge in [0.1, 0.15) is 36.0 Å². The number of ether oxygens (including phenoxy) is 2. The highest BCUT2D eigenvalue weighted by molar-refractivity contribution is 6.32. The zero-order valence-corrected chi connectivity index (χ0v) is 22.4. The molecule has 2 aromatic carbocycles. The van der Waals surface area contributed by atoms with Crippen LogP contribution in [0, 0.1) is 17.7 Å². The number of methoxy groups -OCH3 is 1. The molecule has 0 aliphatic carbocycles. The minimum Gasteiger partial charge on any atom is -0.487 e. The summed E-state index contributed by atoms with van der Waals surface area (Å²) in [6.07, 6.45) is 2.99. The molecular formula is C29H26ClFN6O3. The van der Waals surface area contributed by atoms with Gasteiger partial charge in [-0.25, -0.2) is 24.1 Å². The SMILES string of the molecule is COCCN(Cc1cccc(C#Cc2cncnc2Nc2ccc(OCc3cccc(F)c3)c(Cl)c2)n1)C(N)=O. The van der Waals surface area contributed by atoms with E-state index in [0.29, 0.717) is 57.9 Å². The number of primary amides is 1. The van der Waals surface area contributed by atoms with Crippen LogP contribution in [0.3, 0.4) is 0 Å². The molecule has 2 aromatic heterocycles. The van der Waals surface area contributed by atoms with Crippen molar-refractivity contribution in [3.05, 3.63) is 107 Å². The number of hydrogen-bond donors (Lipinski definition) is 2. The van der Waals surface area contributed by atoms with Gasteiger partial charge in [0.05, 0.1) is 29.4 Å². The van der Waals surface area contributed by atoms with Crippen LogP contribution in [0.15, 0.2) is 73.2 Å². The van der Waals surface area contributed by atoms with Crippen LogP contribution >= 0.6 is 11.6 Å². The first kappa shape index (κ1) is 28.3. The standard InChI is InChI=1S/C29H26ClFN6O3/c1-39-13-12-37(29(32)38)17-25-7-3-6-23(35-25)9-8-21-16-33-19-34-28(21)36-24-10-11-27(26(30)15-24)40-18-20-4-2-5-22(31)14-20/h2-7,10-11,14-16,19H,12-13,17-18H2,1H3,(H2,32,38)(H,33,34,36). The smallest absolute Gasteiger partial charge is 0.315 e. The lowest BCUT2D eigenvalue weighted by atomic mass is 10.2. The van der Waals surface area contributed by atoms with Crippen LogP contribution in [0.1, 0.15) is 22.5 Å². The van der Waals surface area contributed by atoms with E-state index in [1.165, 1.54) is 23.4 Å². The maximum absolute atomic E-state index is 13.4. The summed E-state index contributed by atoms with van der Waals surface area (Å²) in [7, 11) is 1.56. The monoisotopic (exact) mass is 560 g/mol. The lowest BCUT2D eigenvalue weighted by Gasteiger charge is -2.19. The number of carbonyl (C=O) groups is 1. The van der Waals surface area contributed by atoms with Crippen LogP contribution in [-0.4, -0.2) is 46.1 Å². The zero-order chi connectivity index (χ0) is 28.3. The molecule has 3 N–H and O–H groups in total. The van der Waals surface area contributed by atoms with Crippen molar-refractivity contribution < 1.29 is 18.7 Å². The van der Waals surface area contributed by atoms with E-state index in [-0.39, 0.29) is 19.0 Å². The molecule has 11 heteroatoms. The van der Waals surface area contributed by atoms with Gasteiger partial charge in [0.2, 0.25) is 0 Å². The third kappa shape index (κ3) is 8.14. The average molecular weight is 561 g/mol. The van der Waals surface area contributed by atoms with Gasteiger partial charge in [-0.2, -0.15) is 0 Å². The Labute approximate surface area is 236 Å². The quantitative estimate of drug-likeness (QED) is 0.265. The maximum atomic E-state index is 13.4. The Hall–Kier alpha value is -4.72. The summed E-state index contributed by atoms with van der Waals surface area (Å²) in [5.74, 6) is 6.67. The van der Waals surface area contributed by atoms with Gasteiger partial charge in [-0.15, -0.1) is 0 Å². The number of nitrogens with two attached hydrogens (primary N) is 1. The molecule has 40 heavy (non-hydrogen) atoms. The minimum absolute atomic E-state index is 0.179. The number of nitrogens with one attached hydrogen (secondary N) is 1. The van der Waals surface area contributed by atoms with Crippen molar-refractivity contribution in [1.82, 2.24) is 19.9 Å². The molecular weight excluding hydrogens is 535 g/mol. The molecule has 0 aliphatic heterocycles. The van der Waals surface area contributed by atoms with Gasteiger partial charge >= 0.3 is 6.03 Å². The highest BCUT2D eigenvalue weighted by atomic mass is 35.5. The van der Waals surface area contributed by atoms with Gasteiger partial charge in [0.15, 0.2) is 0 Å². The summed E-state index contributed by atoms with van der Waals surface area (Å²) in [5, 5.41) is 3.57. The van der Waals surface area contributed by atoms with Gasteiger partial charge in [-0.3, -0.25) is 0 Å². The summed E-state index contributed by atoms with van der Waals surface area (Å²) in [4.78, 5) is 26.1. The van der Waals surface area contributed by atoms with Gasteiger partial charge < -0.3 is 25.4 Å². The number of carbonyl (C=O) groups excluding carboxylic acids is 1. The summed E-state index contributed by atoms with van der Waals surface area (Å²) >= 11 is 6.43. The first-order valence-corrected chi connectivity index (χ1v) is 12.5. The molecule has 0 atom stereocenters. The third-order valence-electron chi connectivity index (χ3n) is 5.55. The second kappa shape index (κ2) is 13.9. The Balaban J connectivity index is 1.45. The molecule has 4 rings (SSSR count).